The molecule has 3 rings (SSSR count). The first-order valence-electron chi connectivity index (χ1n) is 10.6. The maximum absolute atomic E-state index is 14.3. The first-order valence-corrected chi connectivity index (χ1v) is 10.6. The summed E-state index contributed by atoms with van der Waals surface area (Å²) in [6.07, 6.45) is 4.29. The van der Waals surface area contributed by atoms with Crippen LogP contribution in [0.15, 0.2) is 41.5 Å². The second-order valence-electron chi connectivity index (χ2n) is 7.83. The number of nitrogens with zero attached hydrogens (tertiary/aromatic N) is 2. The summed E-state index contributed by atoms with van der Waals surface area (Å²) in [6.45, 7) is 4.83. The Morgan fingerprint density at radius 2 is 2.09 bits per heavy atom. The van der Waals surface area contributed by atoms with Crippen LogP contribution in [-0.4, -0.2) is 37.1 Å². The molecule has 1 heterocycles. The number of pyridine rings is 1. The number of nitrogens with one attached hydrogen (secondary N) is 3. The van der Waals surface area contributed by atoms with Crippen LogP contribution in [0.25, 0.3) is 0 Å². The Labute approximate surface area is 205 Å². The lowest BCUT2D eigenvalue weighted by molar-refractivity contribution is -0.116. The lowest BCUT2D eigenvalue weighted by atomic mass is 10.1. The summed E-state index contributed by atoms with van der Waals surface area (Å²) >= 11 is 0. The van der Waals surface area contributed by atoms with Crippen molar-refractivity contribution in [3.63, 3.8) is 0 Å². The summed E-state index contributed by atoms with van der Waals surface area (Å²) in [4.78, 5) is 20.4. The number of carbonyl (C=O) groups excluding carboxylic acids is 1. The van der Waals surface area contributed by atoms with Crippen LogP contribution < -0.4 is 20.7 Å². The van der Waals surface area contributed by atoms with Gasteiger partial charge in [0.05, 0.1) is 12.6 Å². The van der Waals surface area contributed by atoms with Crippen LogP contribution in [0.3, 0.4) is 0 Å². The van der Waals surface area contributed by atoms with Crippen molar-refractivity contribution in [1.82, 2.24) is 15.6 Å². The largest absolute Gasteiger partial charge is 0.490 e. The van der Waals surface area contributed by atoms with Gasteiger partial charge in [0.2, 0.25) is 5.91 Å². The molecule has 1 fully saturated rings. The Kier molecular flexibility index (Phi) is 10.1. The second kappa shape index (κ2) is 12.6. The molecule has 0 spiro atoms. The smallest absolute Gasteiger partial charge is 0.227 e. The van der Waals surface area contributed by atoms with Crippen molar-refractivity contribution < 1.29 is 13.9 Å². The molecule has 0 bridgehead atoms. The zero-order chi connectivity index (χ0) is 22.2. The van der Waals surface area contributed by atoms with Gasteiger partial charge in [0.15, 0.2) is 17.5 Å². The number of aliphatic imine (C=N–C) groups is 1. The van der Waals surface area contributed by atoms with Gasteiger partial charge in [-0.2, -0.15) is 0 Å². The van der Waals surface area contributed by atoms with Crippen molar-refractivity contribution in [2.24, 2.45) is 10.9 Å². The predicted molar refractivity (Wildman–Crippen MR) is 135 cm³/mol. The summed E-state index contributed by atoms with van der Waals surface area (Å²) < 4.78 is 19.9. The fourth-order valence-electron chi connectivity index (χ4n) is 2.92. The molecule has 1 aliphatic carbocycles. The Bertz CT molecular complexity index is 919. The highest BCUT2D eigenvalue weighted by Gasteiger charge is 2.22. The van der Waals surface area contributed by atoms with E-state index in [9.17, 15) is 9.18 Å². The molecule has 1 saturated carbocycles. The maximum Gasteiger partial charge on any atom is 0.227 e. The third-order valence-corrected chi connectivity index (χ3v) is 5.03. The van der Waals surface area contributed by atoms with Crippen molar-refractivity contribution in [3.05, 3.63) is 53.5 Å². The topological polar surface area (TPSA) is 87.6 Å². The Morgan fingerprint density at radius 3 is 2.72 bits per heavy atom. The maximum atomic E-state index is 14.3. The molecule has 1 aromatic carbocycles. The van der Waals surface area contributed by atoms with Gasteiger partial charge in [0.25, 0.3) is 0 Å². The van der Waals surface area contributed by atoms with Crippen LogP contribution in [0.4, 0.5) is 10.2 Å². The average molecular weight is 555 g/mol. The molecule has 1 amide bonds. The summed E-state index contributed by atoms with van der Waals surface area (Å²) in [5.74, 6) is 1.41. The van der Waals surface area contributed by atoms with Gasteiger partial charge in [-0.3, -0.25) is 9.79 Å². The second-order valence-corrected chi connectivity index (χ2v) is 7.83. The number of benzene rings is 1. The number of hydrogen-bond donors (Lipinski definition) is 3. The monoisotopic (exact) mass is 555 g/mol. The lowest BCUT2D eigenvalue weighted by Gasteiger charge is -2.19. The Balaban J connectivity index is 0.00000363. The molecule has 0 radical (unpaired) electrons. The molecular formula is C23H31FIN5O2. The number of carbonyl (C=O) groups is 1. The van der Waals surface area contributed by atoms with Gasteiger partial charge in [0.1, 0.15) is 5.82 Å². The molecule has 7 nitrogen and oxygen atoms in total. The van der Waals surface area contributed by atoms with E-state index in [1.807, 2.05) is 26.0 Å². The third kappa shape index (κ3) is 8.25. The fourth-order valence-corrected chi connectivity index (χ4v) is 2.92. The van der Waals surface area contributed by atoms with Crippen LogP contribution in [0.2, 0.25) is 0 Å². The first-order chi connectivity index (χ1) is 14.9. The van der Waals surface area contributed by atoms with Gasteiger partial charge < -0.3 is 20.7 Å². The molecule has 9 heteroatoms. The Hall–Kier alpha value is -2.43. The van der Waals surface area contributed by atoms with E-state index in [0.717, 1.165) is 24.0 Å². The minimum Gasteiger partial charge on any atom is -0.490 e. The highest BCUT2D eigenvalue weighted by Crippen LogP contribution is 2.30. The summed E-state index contributed by atoms with van der Waals surface area (Å²) in [7, 11) is 1.65. The van der Waals surface area contributed by atoms with E-state index in [-0.39, 0.29) is 48.2 Å². The highest BCUT2D eigenvalue weighted by atomic mass is 127. The van der Waals surface area contributed by atoms with Gasteiger partial charge in [-0.25, -0.2) is 9.37 Å². The molecule has 1 unspecified atom stereocenters. The van der Waals surface area contributed by atoms with Gasteiger partial charge in [-0.1, -0.05) is 12.1 Å². The summed E-state index contributed by atoms with van der Waals surface area (Å²) in [5, 5.41) is 9.06. The van der Waals surface area contributed by atoms with E-state index in [1.54, 1.807) is 25.4 Å². The van der Waals surface area contributed by atoms with Crippen LogP contribution >= 0.6 is 24.0 Å². The number of halogens is 2. The zero-order valence-electron chi connectivity index (χ0n) is 18.7. The standard InChI is InChI=1S/C23H30FN5O2.HI/c1-15-4-9-21(27-13-15)29-22(30)10-11-26-23(25-3)28-16(2)18-7-8-20(19(24)12-18)31-14-17-5-6-17;/h4,7-9,12-13,16-17H,5-6,10-11,14H2,1-3H3,(H2,25,26,28)(H,27,29,30);1H. The summed E-state index contributed by atoms with van der Waals surface area (Å²) in [5.41, 5.74) is 1.81. The predicted octanol–water partition coefficient (Wildman–Crippen LogP) is 4.19. The van der Waals surface area contributed by atoms with Crippen molar-refractivity contribution in [3.8, 4) is 5.75 Å². The molecular weight excluding hydrogens is 524 g/mol. The lowest BCUT2D eigenvalue weighted by Crippen LogP contribution is -2.40. The molecule has 1 aliphatic rings. The molecule has 3 N–H and O–H groups in total. The number of anilines is 1. The van der Waals surface area contributed by atoms with Crippen molar-refractivity contribution in [2.75, 3.05) is 25.5 Å². The molecule has 2 aromatic rings. The summed E-state index contributed by atoms with van der Waals surface area (Å²) in [6, 6.07) is 8.48. The quantitative estimate of drug-likeness (QED) is 0.246. The van der Waals surface area contributed by atoms with Crippen LogP contribution in [0.1, 0.15) is 43.4 Å². The Morgan fingerprint density at radius 1 is 1.31 bits per heavy atom. The number of aryl methyl sites for hydroxylation is 1. The van der Waals surface area contributed by atoms with E-state index >= 15 is 0 Å². The van der Waals surface area contributed by atoms with Gasteiger partial charge in [-0.15, -0.1) is 24.0 Å². The van der Waals surface area contributed by atoms with E-state index in [2.05, 4.69) is 25.9 Å². The fraction of sp³-hybridized carbons (Fsp3) is 0.435. The zero-order valence-corrected chi connectivity index (χ0v) is 21.0. The number of aromatic nitrogens is 1. The van der Waals surface area contributed by atoms with Gasteiger partial charge in [0, 0.05) is 26.2 Å². The minimum atomic E-state index is -0.365. The number of guanidine groups is 1. The SMILES string of the molecule is CN=C(NCCC(=O)Nc1ccc(C)cn1)NC(C)c1ccc(OCC2CC2)c(F)c1.I. The van der Waals surface area contributed by atoms with Gasteiger partial charge in [-0.05, 0) is 61.9 Å². The van der Waals surface area contributed by atoms with E-state index in [4.69, 9.17) is 4.74 Å². The van der Waals surface area contributed by atoms with Crippen LogP contribution in [0, 0.1) is 18.7 Å². The number of hydrogen-bond acceptors (Lipinski definition) is 4. The number of rotatable bonds is 9. The first kappa shape index (κ1) is 25.8. The number of amides is 1. The van der Waals surface area contributed by atoms with Gasteiger partial charge >= 0.3 is 0 Å². The molecule has 1 aromatic heterocycles. The van der Waals surface area contributed by atoms with Crippen LogP contribution in [0.5, 0.6) is 5.75 Å². The van der Waals surface area contributed by atoms with E-state index in [0.29, 0.717) is 36.6 Å². The van der Waals surface area contributed by atoms with Crippen molar-refractivity contribution in [1.29, 1.82) is 0 Å². The molecule has 1 atom stereocenters. The molecule has 0 aliphatic heterocycles. The molecule has 32 heavy (non-hydrogen) atoms. The normalized spacial score (nSPS) is 14.2. The van der Waals surface area contributed by atoms with Crippen LogP contribution in [-0.2, 0) is 4.79 Å². The highest BCUT2D eigenvalue weighted by molar-refractivity contribution is 14.0. The van der Waals surface area contributed by atoms with E-state index < -0.39 is 0 Å². The average Bonchev–Trinajstić information content (AvgIpc) is 3.58. The molecule has 174 valence electrons. The number of ether oxygens (including phenoxy) is 1. The van der Waals surface area contributed by atoms with Crippen molar-refractivity contribution in [2.45, 2.75) is 39.2 Å². The molecule has 0 saturated heterocycles. The third-order valence-electron chi connectivity index (χ3n) is 5.03. The van der Waals surface area contributed by atoms with E-state index in [1.165, 1.54) is 6.07 Å². The minimum absolute atomic E-state index is 0. The van der Waals surface area contributed by atoms with Crippen molar-refractivity contribution >= 4 is 41.7 Å².